The molecule has 2 rings (SSSR count). The molecule has 0 radical (unpaired) electrons. The van der Waals surface area contributed by atoms with Crippen molar-refractivity contribution in [3.63, 3.8) is 0 Å². The molecular weight excluding hydrogens is 348 g/mol. The van der Waals surface area contributed by atoms with Crippen molar-refractivity contribution in [2.24, 2.45) is 0 Å². The van der Waals surface area contributed by atoms with Crippen LogP contribution in [0.5, 0.6) is 5.75 Å². The van der Waals surface area contributed by atoms with E-state index in [1.807, 2.05) is 0 Å². The molecule has 1 amide bonds. The van der Waals surface area contributed by atoms with E-state index in [0.29, 0.717) is 22.6 Å². The number of non-ortho nitro benzene ring substituents is 1. The Balaban J connectivity index is 2.14. The molecule has 0 unspecified atom stereocenters. The highest BCUT2D eigenvalue weighted by Gasteiger charge is 2.19. The molecule has 0 aromatic heterocycles. The first-order chi connectivity index (χ1) is 11.8. The third-order valence-corrected chi connectivity index (χ3v) is 3.94. The highest BCUT2D eigenvalue weighted by Crippen LogP contribution is 2.25. The summed E-state index contributed by atoms with van der Waals surface area (Å²) in [4.78, 5) is 33.5. The number of halogens is 1. The molecule has 25 heavy (non-hydrogen) atoms. The van der Waals surface area contributed by atoms with E-state index >= 15 is 0 Å². The predicted molar refractivity (Wildman–Crippen MR) is 93.4 cm³/mol. The molecule has 0 aliphatic rings. The fourth-order valence-corrected chi connectivity index (χ4v) is 2.24. The molecule has 0 heterocycles. The second kappa shape index (κ2) is 7.76. The number of anilines is 1. The summed E-state index contributed by atoms with van der Waals surface area (Å²) in [6.45, 7) is 3.27. The summed E-state index contributed by atoms with van der Waals surface area (Å²) in [7, 11) is 0. The van der Waals surface area contributed by atoms with Gasteiger partial charge in [-0.25, -0.2) is 0 Å². The van der Waals surface area contributed by atoms with E-state index in [1.165, 1.54) is 19.1 Å². The van der Waals surface area contributed by atoms with Crippen molar-refractivity contribution in [2.75, 3.05) is 5.32 Å². The smallest absolute Gasteiger partial charge is 0.270 e. The number of nitrogens with one attached hydrogen (secondary N) is 1. The molecular formula is C17H15ClN2O5. The van der Waals surface area contributed by atoms with Gasteiger partial charge >= 0.3 is 0 Å². The lowest BCUT2D eigenvalue weighted by molar-refractivity contribution is -0.384. The highest BCUT2D eigenvalue weighted by molar-refractivity contribution is 6.31. The van der Waals surface area contributed by atoms with Crippen molar-refractivity contribution in [2.45, 2.75) is 20.0 Å². The summed E-state index contributed by atoms with van der Waals surface area (Å²) in [5.41, 5.74) is 1.02. The lowest BCUT2D eigenvalue weighted by atomic mass is 10.2. The van der Waals surface area contributed by atoms with Gasteiger partial charge in [0.05, 0.1) is 10.5 Å². The number of benzene rings is 2. The van der Waals surface area contributed by atoms with Crippen LogP contribution >= 0.6 is 11.6 Å². The first kappa shape index (κ1) is 18.4. The summed E-state index contributed by atoms with van der Waals surface area (Å²) in [5, 5.41) is 14.0. The summed E-state index contributed by atoms with van der Waals surface area (Å²) < 4.78 is 5.48. The maximum atomic E-state index is 12.3. The fraction of sp³-hybridized carbons (Fsp3) is 0.176. The van der Waals surface area contributed by atoms with Gasteiger partial charge in [0.2, 0.25) is 0 Å². The van der Waals surface area contributed by atoms with Crippen molar-refractivity contribution < 1.29 is 19.2 Å². The van der Waals surface area contributed by atoms with Crippen LogP contribution < -0.4 is 10.1 Å². The van der Waals surface area contributed by atoms with Gasteiger partial charge in [-0.05, 0) is 37.6 Å². The van der Waals surface area contributed by atoms with Crippen molar-refractivity contribution in [1.29, 1.82) is 0 Å². The Morgan fingerprint density at radius 1 is 1.36 bits per heavy atom. The molecule has 7 nitrogen and oxygen atoms in total. The van der Waals surface area contributed by atoms with Gasteiger partial charge in [-0.3, -0.25) is 19.7 Å². The number of aldehydes is 1. The minimum atomic E-state index is -0.932. The van der Waals surface area contributed by atoms with Gasteiger partial charge in [0, 0.05) is 22.8 Å². The minimum absolute atomic E-state index is 0.00668. The number of nitro groups is 1. The molecule has 0 fully saturated rings. The standard InChI is InChI=1S/C17H15ClN2O5/c1-10-14(18)4-3-5-15(10)19-17(22)11(2)25-16-7-6-13(20(23)24)8-12(16)9-21/h3-9,11H,1-2H3,(H,19,22)/t11-/m0/s1. The maximum absolute atomic E-state index is 12.3. The summed E-state index contributed by atoms with van der Waals surface area (Å²) in [6, 6.07) is 8.70. The van der Waals surface area contributed by atoms with Crippen molar-refractivity contribution in [1.82, 2.24) is 0 Å². The van der Waals surface area contributed by atoms with Crippen LogP contribution in [0.1, 0.15) is 22.8 Å². The van der Waals surface area contributed by atoms with E-state index in [0.717, 1.165) is 6.07 Å². The zero-order valence-electron chi connectivity index (χ0n) is 13.5. The number of hydrogen-bond acceptors (Lipinski definition) is 5. The van der Waals surface area contributed by atoms with Gasteiger partial charge in [0.1, 0.15) is 5.75 Å². The molecule has 2 aromatic rings. The Kier molecular flexibility index (Phi) is 5.71. The number of nitrogens with zero attached hydrogens (tertiary/aromatic N) is 1. The van der Waals surface area contributed by atoms with Gasteiger partial charge in [-0.15, -0.1) is 0 Å². The highest BCUT2D eigenvalue weighted by atomic mass is 35.5. The third kappa shape index (κ3) is 4.33. The molecule has 0 spiro atoms. The van der Waals surface area contributed by atoms with Crippen molar-refractivity contribution in [3.05, 3.63) is 62.7 Å². The monoisotopic (exact) mass is 362 g/mol. The van der Waals surface area contributed by atoms with Crippen LogP contribution in [-0.4, -0.2) is 23.2 Å². The lowest BCUT2D eigenvalue weighted by Crippen LogP contribution is -2.30. The SMILES string of the molecule is Cc1c(Cl)cccc1NC(=O)[C@H](C)Oc1ccc([N+](=O)[O-])cc1C=O. The number of carbonyl (C=O) groups is 2. The largest absolute Gasteiger partial charge is 0.480 e. The number of ether oxygens (including phenoxy) is 1. The second-order valence-electron chi connectivity index (χ2n) is 5.26. The van der Waals surface area contributed by atoms with Gasteiger partial charge < -0.3 is 10.1 Å². The minimum Gasteiger partial charge on any atom is -0.480 e. The van der Waals surface area contributed by atoms with Gasteiger partial charge in [-0.2, -0.15) is 0 Å². The Hall–Kier alpha value is -2.93. The van der Waals surface area contributed by atoms with E-state index < -0.39 is 16.9 Å². The first-order valence-corrected chi connectivity index (χ1v) is 7.67. The Labute approximate surface area is 148 Å². The predicted octanol–water partition coefficient (Wildman–Crippen LogP) is 3.78. The molecule has 2 aromatic carbocycles. The van der Waals surface area contributed by atoms with Crippen LogP contribution in [0.25, 0.3) is 0 Å². The quantitative estimate of drug-likeness (QED) is 0.479. The lowest BCUT2D eigenvalue weighted by Gasteiger charge is -2.17. The molecule has 0 aliphatic carbocycles. The number of hydrogen-bond donors (Lipinski definition) is 1. The van der Waals surface area contributed by atoms with Gasteiger partial charge in [0.15, 0.2) is 12.4 Å². The molecule has 1 atom stereocenters. The van der Waals surface area contributed by atoms with Crippen LogP contribution in [-0.2, 0) is 4.79 Å². The summed E-state index contributed by atoms with van der Waals surface area (Å²) >= 11 is 6.01. The average molecular weight is 363 g/mol. The zero-order valence-corrected chi connectivity index (χ0v) is 14.2. The normalized spacial score (nSPS) is 11.5. The van der Waals surface area contributed by atoms with Gasteiger partial charge in [0.25, 0.3) is 11.6 Å². The summed E-state index contributed by atoms with van der Waals surface area (Å²) in [5.74, 6) is -0.355. The fourth-order valence-electron chi connectivity index (χ4n) is 2.07. The molecule has 0 bridgehead atoms. The van der Waals surface area contributed by atoms with Crippen LogP contribution in [0.4, 0.5) is 11.4 Å². The maximum Gasteiger partial charge on any atom is 0.270 e. The van der Waals surface area contributed by atoms with E-state index in [4.69, 9.17) is 16.3 Å². The van der Waals surface area contributed by atoms with Crippen molar-refractivity contribution in [3.8, 4) is 5.75 Å². The summed E-state index contributed by atoms with van der Waals surface area (Å²) in [6.07, 6.45) is -0.493. The van der Waals surface area contributed by atoms with Crippen LogP contribution in [0.15, 0.2) is 36.4 Å². The third-order valence-electron chi connectivity index (χ3n) is 3.53. The van der Waals surface area contributed by atoms with Crippen LogP contribution in [0.2, 0.25) is 5.02 Å². The van der Waals surface area contributed by atoms with Crippen LogP contribution in [0.3, 0.4) is 0 Å². The Morgan fingerprint density at radius 2 is 2.08 bits per heavy atom. The molecule has 130 valence electrons. The number of carbonyl (C=O) groups excluding carboxylic acids is 2. The second-order valence-corrected chi connectivity index (χ2v) is 5.67. The topological polar surface area (TPSA) is 98.5 Å². The molecule has 0 saturated heterocycles. The number of nitro benzene ring substituents is 1. The number of rotatable bonds is 6. The van der Waals surface area contributed by atoms with E-state index in [-0.39, 0.29) is 17.0 Å². The Morgan fingerprint density at radius 3 is 2.72 bits per heavy atom. The average Bonchev–Trinajstić information content (AvgIpc) is 2.58. The number of amides is 1. The zero-order chi connectivity index (χ0) is 18.6. The van der Waals surface area contributed by atoms with E-state index in [9.17, 15) is 19.7 Å². The van der Waals surface area contributed by atoms with E-state index in [1.54, 1.807) is 25.1 Å². The molecule has 0 aliphatic heterocycles. The molecule has 0 saturated carbocycles. The molecule has 1 N–H and O–H groups in total. The van der Waals surface area contributed by atoms with Crippen LogP contribution in [0, 0.1) is 17.0 Å². The Bertz CT molecular complexity index is 838. The van der Waals surface area contributed by atoms with Crippen molar-refractivity contribution >= 4 is 35.2 Å². The van der Waals surface area contributed by atoms with E-state index in [2.05, 4.69) is 5.32 Å². The van der Waals surface area contributed by atoms with Gasteiger partial charge in [-0.1, -0.05) is 17.7 Å². The first-order valence-electron chi connectivity index (χ1n) is 7.29. The molecule has 8 heteroatoms.